The monoisotopic (exact) mass is 362 g/mol. The number of rotatable bonds is 3. The lowest BCUT2D eigenvalue weighted by molar-refractivity contribution is -0.130. The number of nitrogens with two attached hydrogens (primary N) is 1. The van der Waals surface area contributed by atoms with Gasteiger partial charge in [0, 0.05) is 6.04 Å². The quantitative estimate of drug-likeness (QED) is 0.810. The maximum Gasteiger partial charge on any atom is 0.231 e. The van der Waals surface area contributed by atoms with Crippen molar-refractivity contribution in [3.63, 3.8) is 0 Å². The Kier molecular flexibility index (Phi) is 4.67. The van der Waals surface area contributed by atoms with Gasteiger partial charge in [-0.2, -0.15) is 0 Å². The number of aliphatic hydroxyl groups is 1. The molecule has 26 heavy (non-hydrogen) atoms. The third-order valence-corrected chi connectivity index (χ3v) is 9.53. The first-order chi connectivity index (χ1) is 12.3. The van der Waals surface area contributed by atoms with Crippen molar-refractivity contribution < 1.29 is 9.90 Å². The lowest BCUT2D eigenvalue weighted by Crippen LogP contribution is -2.56. The molecule has 0 spiro atoms. The van der Waals surface area contributed by atoms with Gasteiger partial charge in [-0.15, -0.1) is 0 Å². The van der Waals surface area contributed by atoms with Crippen molar-refractivity contribution >= 4 is 5.91 Å². The lowest BCUT2D eigenvalue weighted by atomic mass is 9.45. The molecule has 0 saturated heterocycles. The second-order valence-electron chi connectivity index (χ2n) is 10.6. The van der Waals surface area contributed by atoms with Crippen LogP contribution in [0, 0.1) is 34.5 Å². The molecule has 4 fully saturated rings. The van der Waals surface area contributed by atoms with E-state index in [1.807, 2.05) is 0 Å². The van der Waals surface area contributed by atoms with E-state index in [-0.39, 0.29) is 12.0 Å². The number of amides is 1. The van der Waals surface area contributed by atoms with Gasteiger partial charge in [0.2, 0.25) is 5.91 Å². The molecule has 4 rings (SSSR count). The van der Waals surface area contributed by atoms with Crippen LogP contribution in [0.25, 0.3) is 0 Å². The molecule has 4 nitrogen and oxygen atoms in total. The van der Waals surface area contributed by atoms with Crippen LogP contribution in [0.5, 0.6) is 0 Å². The molecule has 0 bridgehead atoms. The Bertz CT molecular complexity index is 566. The first-order valence-corrected chi connectivity index (χ1v) is 10.9. The summed E-state index contributed by atoms with van der Waals surface area (Å²) in [5, 5.41) is 10.2. The Labute approximate surface area is 158 Å². The van der Waals surface area contributed by atoms with E-state index >= 15 is 0 Å². The molecule has 0 unspecified atom stereocenters. The van der Waals surface area contributed by atoms with E-state index in [1.165, 1.54) is 44.9 Å². The van der Waals surface area contributed by atoms with E-state index in [9.17, 15) is 9.90 Å². The summed E-state index contributed by atoms with van der Waals surface area (Å²) in [5.41, 5.74) is 6.26. The van der Waals surface area contributed by atoms with Gasteiger partial charge in [0.15, 0.2) is 0 Å². The minimum atomic E-state index is -0.206. The van der Waals surface area contributed by atoms with E-state index in [1.54, 1.807) is 0 Å². The molecular weight excluding hydrogens is 324 g/mol. The summed E-state index contributed by atoms with van der Waals surface area (Å²) in [5.74, 6) is 3.00. The van der Waals surface area contributed by atoms with Crippen LogP contribution in [0.3, 0.4) is 0 Å². The predicted molar refractivity (Wildman–Crippen MR) is 103 cm³/mol. The largest absolute Gasteiger partial charge is 0.393 e. The van der Waals surface area contributed by atoms with Gasteiger partial charge in [0.05, 0.1) is 12.6 Å². The number of carbonyl (C=O) groups excluding carboxylic acids is 1. The highest BCUT2D eigenvalue weighted by Crippen LogP contribution is 2.66. The maximum atomic E-state index is 11.4. The van der Waals surface area contributed by atoms with Crippen LogP contribution in [0.1, 0.15) is 71.6 Å². The highest BCUT2D eigenvalue weighted by molar-refractivity contribution is 5.75. The zero-order valence-electron chi connectivity index (χ0n) is 16.9. The molecule has 8 atom stereocenters. The number of likely N-dealkylation sites (N-methyl/N-ethyl adjacent to an activating group) is 1. The van der Waals surface area contributed by atoms with Crippen LogP contribution in [0.2, 0.25) is 0 Å². The van der Waals surface area contributed by atoms with E-state index in [0.717, 1.165) is 36.5 Å². The molecular formula is C22H38N2O2. The third kappa shape index (κ3) is 2.74. The van der Waals surface area contributed by atoms with Crippen molar-refractivity contribution in [2.24, 2.45) is 40.2 Å². The van der Waals surface area contributed by atoms with Crippen LogP contribution in [-0.2, 0) is 4.79 Å². The van der Waals surface area contributed by atoms with Crippen molar-refractivity contribution in [2.75, 3.05) is 13.6 Å². The van der Waals surface area contributed by atoms with E-state index in [2.05, 4.69) is 25.8 Å². The molecule has 0 aliphatic heterocycles. The molecule has 0 heterocycles. The minimum absolute atomic E-state index is 0.0585. The van der Waals surface area contributed by atoms with E-state index < -0.39 is 0 Å². The second kappa shape index (κ2) is 6.48. The molecule has 0 aromatic heterocycles. The Morgan fingerprint density at radius 3 is 2.46 bits per heavy atom. The fourth-order valence-electron chi connectivity index (χ4n) is 8.29. The lowest BCUT2D eigenvalue weighted by Gasteiger charge is -2.61. The summed E-state index contributed by atoms with van der Waals surface area (Å²) < 4.78 is 0. The molecule has 4 heteroatoms. The average Bonchev–Trinajstić information content (AvgIpc) is 2.92. The third-order valence-electron chi connectivity index (χ3n) is 9.53. The van der Waals surface area contributed by atoms with Gasteiger partial charge in [0.1, 0.15) is 0 Å². The van der Waals surface area contributed by atoms with Crippen molar-refractivity contribution in [1.82, 2.24) is 4.90 Å². The van der Waals surface area contributed by atoms with Crippen LogP contribution >= 0.6 is 0 Å². The minimum Gasteiger partial charge on any atom is -0.393 e. The molecule has 4 saturated carbocycles. The Balaban J connectivity index is 1.55. The number of aliphatic hydroxyl groups excluding tert-OH is 1. The zero-order valence-corrected chi connectivity index (χ0v) is 16.9. The summed E-state index contributed by atoms with van der Waals surface area (Å²) in [6.45, 7) is 5.44. The number of carbonyl (C=O) groups is 1. The van der Waals surface area contributed by atoms with Crippen molar-refractivity contribution in [3.05, 3.63) is 0 Å². The summed E-state index contributed by atoms with van der Waals surface area (Å²) in [6.07, 6.45) is 11.0. The zero-order chi connectivity index (χ0) is 18.7. The van der Waals surface area contributed by atoms with Crippen LogP contribution < -0.4 is 5.73 Å². The normalized spacial score (nSPS) is 50.8. The Morgan fingerprint density at radius 1 is 1.04 bits per heavy atom. The fraction of sp³-hybridized carbons (Fsp3) is 0.955. The molecule has 0 radical (unpaired) electrons. The van der Waals surface area contributed by atoms with E-state index in [4.69, 9.17) is 5.73 Å². The van der Waals surface area contributed by atoms with Gasteiger partial charge in [0.25, 0.3) is 0 Å². The van der Waals surface area contributed by atoms with Crippen LogP contribution in [0.4, 0.5) is 0 Å². The molecule has 0 aromatic carbocycles. The van der Waals surface area contributed by atoms with E-state index in [0.29, 0.717) is 23.4 Å². The highest BCUT2D eigenvalue weighted by Gasteiger charge is 2.60. The van der Waals surface area contributed by atoms with Crippen molar-refractivity contribution in [2.45, 2.75) is 83.8 Å². The van der Waals surface area contributed by atoms with Crippen LogP contribution in [0.15, 0.2) is 0 Å². The van der Waals surface area contributed by atoms with Gasteiger partial charge in [-0.05, 0) is 99.3 Å². The van der Waals surface area contributed by atoms with Crippen molar-refractivity contribution in [3.8, 4) is 0 Å². The average molecular weight is 363 g/mol. The topological polar surface area (TPSA) is 66.6 Å². The summed E-state index contributed by atoms with van der Waals surface area (Å²) >= 11 is 0. The van der Waals surface area contributed by atoms with Crippen molar-refractivity contribution in [1.29, 1.82) is 0 Å². The first kappa shape index (κ1) is 18.7. The first-order valence-electron chi connectivity index (χ1n) is 10.9. The molecule has 0 aromatic rings. The molecule has 1 amide bonds. The standard InChI is InChI=1S/C22H38N2O2/c1-21-10-8-15(25)12-14(21)4-5-16-17-6-7-19(24(3)13-20(23)26)22(17,2)11-9-18(16)21/h14-19,25H,4-13H2,1-3H3,(H2,23,26)/t14-,15-,16-,17-,18-,19+,21-,22-/m0/s1. The summed E-state index contributed by atoms with van der Waals surface area (Å²) in [7, 11) is 2.09. The summed E-state index contributed by atoms with van der Waals surface area (Å²) in [4.78, 5) is 13.7. The Morgan fingerprint density at radius 2 is 1.73 bits per heavy atom. The predicted octanol–water partition coefficient (Wildman–Crippen LogP) is 3.18. The van der Waals surface area contributed by atoms with Gasteiger partial charge < -0.3 is 10.8 Å². The van der Waals surface area contributed by atoms with Gasteiger partial charge in [-0.25, -0.2) is 0 Å². The SMILES string of the molecule is CN(CC(N)=O)[C@@H]1CC[C@H]2[C@@H]3CC[C@H]4C[C@@H](O)CC[C@]4(C)[C@H]3CC[C@@]21C. The molecule has 3 N–H and O–H groups in total. The van der Waals surface area contributed by atoms with Gasteiger partial charge >= 0.3 is 0 Å². The number of hydrogen-bond donors (Lipinski definition) is 2. The second-order valence-corrected chi connectivity index (χ2v) is 10.6. The maximum absolute atomic E-state index is 11.4. The summed E-state index contributed by atoms with van der Waals surface area (Å²) in [6, 6.07) is 0.500. The molecule has 4 aliphatic rings. The number of primary amides is 1. The smallest absolute Gasteiger partial charge is 0.231 e. The number of fused-ring (bicyclic) bond motifs is 5. The van der Waals surface area contributed by atoms with Gasteiger partial charge in [-0.3, -0.25) is 9.69 Å². The van der Waals surface area contributed by atoms with Gasteiger partial charge in [-0.1, -0.05) is 13.8 Å². The molecule has 148 valence electrons. The highest BCUT2D eigenvalue weighted by atomic mass is 16.3. The Hall–Kier alpha value is -0.610. The molecule has 4 aliphatic carbocycles. The number of hydrogen-bond acceptors (Lipinski definition) is 3. The fourth-order valence-corrected chi connectivity index (χ4v) is 8.29. The van der Waals surface area contributed by atoms with Crippen LogP contribution in [-0.4, -0.2) is 41.7 Å². The number of nitrogens with zero attached hydrogens (tertiary/aromatic N) is 1.